The summed E-state index contributed by atoms with van der Waals surface area (Å²) in [6.45, 7) is 1.32. The predicted molar refractivity (Wildman–Crippen MR) is 84.5 cm³/mol. The van der Waals surface area contributed by atoms with Gasteiger partial charge < -0.3 is 10.6 Å². The van der Waals surface area contributed by atoms with Crippen LogP contribution in [-0.2, 0) is 0 Å². The van der Waals surface area contributed by atoms with Gasteiger partial charge in [-0.15, -0.1) is 12.4 Å². The van der Waals surface area contributed by atoms with Crippen molar-refractivity contribution in [3.63, 3.8) is 0 Å². The zero-order chi connectivity index (χ0) is 13.9. The summed E-state index contributed by atoms with van der Waals surface area (Å²) in [5, 5.41) is 0. The minimum Gasteiger partial charge on any atom is -0.334 e. The summed E-state index contributed by atoms with van der Waals surface area (Å²) in [6, 6.07) is 5.64. The van der Waals surface area contributed by atoms with Crippen LogP contribution < -0.4 is 5.73 Å². The number of carbonyl (C=O) groups is 1. The summed E-state index contributed by atoms with van der Waals surface area (Å²) in [4.78, 5) is 23.0. The number of piperidine rings is 1. The summed E-state index contributed by atoms with van der Waals surface area (Å²) >= 11 is 0. The van der Waals surface area contributed by atoms with Crippen LogP contribution >= 0.6 is 12.4 Å². The quantitative estimate of drug-likeness (QED) is 0.921. The number of benzene rings is 1. The maximum atomic E-state index is 12.6. The van der Waals surface area contributed by atoms with Crippen LogP contribution in [0.5, 0.6) is 0 Å². The summed E-state index contributed by atoms with van der Waals surface area (Å²) in [6.07, 6.45) is 6.49. The van der Waals surface area contributed by atoms with Crippen LogP contribution in [0.2, 0.25) is 0 Å². The fourth-order valence-electron chi connectivity index (χ4n) is 2.78. The van der Waals surface area contributed by atoms with Crippen molar-refractivity contribution in [2.75, 3.05) is 13.1 Å². The van der Waals surface area contributed by atoms with Crippen LogP contribution in [0, 0.1) is 0 Å². The molecule has 0 radical (unpaired) electrons. The predicted octanol–water partition coefficient (Wildman–Crippen LogP) is 2.00. The van der Waals surface area contributed by atoms with Gasteiger partial charge in [0, 0.05) is 37.1 Å². The first-order chi connectivity index (χ1) is 9.79. The second-order valence-corrected chi connectivity index (χ2v) is 5.14. The van der Waals surface area contributed by atoms with Crippen molar-refractivity contribution in [3.05, 3.63) is 36.2 Å². The maximum Gasteiger partial charge on any atom is 0.254 e. The average Bonchev–Trinajstić information content (AvgIpc) is 2.53. The first kappa shape index (κ1) is 15.7. The van der Waals surface area contributed by atoms with Gasteiger partial charge in [0.2, 0.25) is 0 Å². The largest absolute Gasteiger partial charge is 0.334 e. The van der Waals surface area contributed by atoms with E-state index in [1.165, 1.54) is 0 Å². The molecule has 2 heterocycles. The third-order valence-electron chi connectivity index (χ3n) is 3.88. The van der Waals surface area contributed by atoms with Crippen LogP contribution in [0.15, 0.2) is 30.6 Å². The number of hydrogen-bond acceptors (Lipinski definition) is 4. The molecule has 2 N–H and O–H groups in total. The van der Waals surface area contributed by atoms with Crippen molar-refractivity contribution in [2.24, 2.45) is 5.73 Å². The number of halogens is 1. The van der Waals surface area contributed by atoms with Gasteiger partial charge in [0.05, 0.1) is 11.0 Å². The number of carbonyl (C=O) groups excluding carboxylic acids is 1. The molecular formula is C15H19ClN4O. The van der Waals surface area contributed by atoms with Crippen molar-refractivity contribution in [1.82, 2.24) is 14.9 Å². The molecule has 1 aromatic heterocycles. The standard InChI is InChI=1S/C15H18N4O.ClH/c16-10-12-3-1-2-8-19(12)15(20)11-4-5-13-14(9-11)18-7-6-17-13;/h4-7,9,12H,1-3,8,10,16H2;1H. The van der Waals surface area contributed by atoms with E-state index < -0.39 is 0 Å². The Kier molecular flexibility index (Phi) is 5.09. The fourth-order valence-corrected chi connectivity index (χ4v) is 2.78. The van der Waals surface area contributed by atoms with Crippen LogP contribution in [0.4, 0.5) is 0 Å². The van der Waals surface area contributed by atoms with Gasteiger partial charge in [-0.3, -0.25) is 14.8 Å². The molecule has 1 saturated heterocycles. The number of likely N-dealkylation sites (tertiary alicyclic amines) is 1. The van der Waals surface area contributed by atoms with Gasteiger partial charge in [0.1, 0.15) is 0 Å². The maximum absolute atomic E-state index is 12.6. The van der Waals surface area contributed by atoms with Gasteiger partial charge in [0.15, 0.2) is 0 Å². The van der Waals surface area contributed by atoms with E-state index in [1.807, 2.05) is 23.1 Å². The molecule has 2 aromatic rings. The third-order valence-corrected chi connectivity index (χ3v) is 3.88. The van der Waals surface area contributed by atoms with Crippen molar-refractivity contribution < 1.29 is 4.79 Å². The monoisotopic (exact) mass is 306 g/mol. The Bertz CT molecular complexity index is 634. The lowest BCUT2D eigenvalue weighted by Gasteiger charge is -2.35. The molecule has 1 aliphatic heterocycles. The third kappa shape index (κ3) is 3.14. The Morgan fingerprint density at radius 2 is 2.00 bits per heavy atom. The van der Waals surface area contributed by atoms with E-state index in [2.05, 4.69) is 9.97 Å². The molecule has 0 spiro atoms. The molecule has 1 fully saturated rings. The normalized spacial score (nSPS) is 18.3. The number of fused-ring (bicyclic) bond motifs is 1. The fraction of sp³-hybridized carbons (Fsp3) is 0.400. The van der Waals surface area contributed by atoms with Gasteiger partial charge >= 0.3 is 0 Å². The summed E-state index contributed by atoms with van der Waals surface area (Å²) in [7, 11) is 0. The minimum atomic E-state index is 0. The van der Waals surface area contributed by atoms with Gasteiger partial charge in [-0.05, 0) is 37.5 Å². The Balaban J connectivity index is 0.00000161. The molecule has 1 atom stereocenters. The molecule has 6 heteroatoms. The average molecular weight is 307 g/mol. The van der Waals surface area contributed by atoms with E-state index in [9.17, 15) is 4.79 Å². The molecule has 1 unspecified atom stereocenters. The minimum absolute atomic E-state index is 0. The van der Waals surface area contributed by atoms with E-state index in [0.717, 1.165) is 36.8 Å². The molecule has 1 aliphatic rings. The molecular weight excluding hydrogens is 288 g/mol. The first-order valence-electron chi connectivity index (χ1n) is 7.01. The smallest absolute Gasteiger partial charge is 0.254 e. The number of rotatable bonds is 2. The molecule has 0 bridgehead atoms. The molecule has 5 nitrogen and oxygen atoms in total. The summed E-state index contributed by atoms with van der Waals surface area (Å²) in [5.41, 5.74) is 8.00. The van der Waals surface area contributed by atoms with Crippen LogP contribution in [0.1, 0.15) is 29.6 Å². The number of nitrogens with two attached hydrogens (primary N) is 1. The van der Waals surface area contributed by atoms with Crippen molar-refractivity contribution in [3.8, 4) is 0 Å². The molecule has 3 rings (SSSR count). The molecule has 1 aromatic carbocycles. The van der Waals surface area contributed by atoms with Crippen molar-refractivity contribution >= 4 is 29.3 Å². The highest BCUT2D eigenvalue weighted by atomic mass is 35.5. The lowest BCUT2D eigenvalue weighted by atomic mass is 10.0. The Morgan fingerprint density at radius 3 is 2.76 bits per heavy atom. The van der Waals surface area contributed by atoms with Crippen LogP contribution in [-0.4, -0.2) is 39.9 Å². The molecule has 0 saturated carbocycles. The first-order valence-corrected chi connectivity index (χ1v) is 7.01. The molecule has 112 valence electrons. The van der Waals surface area contributed by atoms with Crippen LogP contribution in [0.3, 0.4) is 0 Å². The zero-order valence-corrected chi connectivity index (χ0v) is 12.6. The number of nitrogens with zero attached hydrogens (tertiary/aromatic N) is 3. The summed E-state index contributed by atoms with van der Waals surface area (Å²) < 4.78 is 0. The highest BCUT2D eigenvalue weighted by Gasteiger charge is 2.26. The molecule has 1 amide bonds. The van der Waals surface area contributed by atoms with Crippen molar-refractivity contribution in [2.45, 2.75) is 25.3 Å². The second kappa shape index (κ2) is 6.83. The van der Waals surface area contributed by atoms with Gasteiger partial charge in [-0.2, -0.15) is 0 Å². The van der Waals surface area contributed by atoms with E-state index in [1.54, 1.807) is 12.4 Å². The van der Waals surface area contributed by atoms with Crippen molar-refractivity contribution in [1.29, 1.82) is 0 Å². The van der Waals surface area contributed by atoms with E-state index in [0.29, 0.717) is 12.1 Å². The molecule has 0 aliphatic carbocycles. The molecule has 21 heavy (non-hydrogen) atoms. The number of aromatic nitrogens is 2. The lowest BCUT2D eigenvalue weighted by Crippen LogP contribution is -2.47. The van der Waals surface area contributed by atoms with Gasteiger partial charge in [-0.1, -0.05) is 0 Å². The second-order valence-electron chi connectivity index (χ2n) is 5.14. The number of hydrogen-bond donors (Lipinski definition) is 1. The Hall–Kier alpha value is -1.72. The zero-order valence-electron chi connectivity index (χ0n) is 11.7. The topological polar surface area (TPSA) is 72.1 Å². The van der Waals surface area contributed by atoms with Gasteiger partial charge in [0.25, 0.3) is 5.91 Å². The summed E-state index contributed by atoms with van der Waals surface area (Å²) in [5.74, 6) is 0.0488. The highest BCUT2D eigenvalue weighted by molar-refractivity contribution is 5.97. The lowest BCUT2D eigenvalue weighted by molar-refractivity contribution is 0.0623. The van der Waals surface area contributed by atoms with E-state index in [4.69, 9.17) is 5.73 Å². The Morgan fingerprint density at radius 1 is 1.24 bits per heavy atom. The Labute approximate surface area is 130 Å². The number of amides is 1. The van der Waals surface area contributed by atoms with Crippen LogP contribution in [0.25, 0.3) is 11.0 Å². The van der Waals surface area contributed by atoms with E-state index >= 15 is 0 Å². The SMILES string of the molecule is Cl.NCC1CCCCN1C(=O)c1ccc2nccnc2c1. The van der Waals surface area contributed by atoms with E-state index in [-0.39, 0.29) is 24.4 Å². The highest BCUT2D eigenvalue weighted by Crippen LogP contribution is 2.20. The van der Waals surface area contributed by atoms with Gasteiger partial charge in [-0.25, -0.2) is 0 Å².